The Morgan fingerprint density at radius 3 is 2.25 bits per heavy atom. The number of alkyl halides is 2. The van der Waals surface area contributed by atoms with Gasteiger partial charge in [-0.25, -0.2) is 0 Å². The van der Waals surface area contributed by atoms with Crippen LogP contribution in [-0.4, -0.2) is 13.3 Å². The summed E-state index contributed by atoms with van der Waals surface area (Å²) in [5.74, 6) is -0.267. The van der Waals surface area contributed by atoms with E-state index in [2.05, 4.69) is 0 Å². The van der Waals surface area contributed by atoms with Crippen molar-refractivity contribution >= 4 is 0 Å². The van der Waals surface area contributed by atoms with Gasteiger partial charge >= 0.3 is 0 Å². The van der Waals surface area contributed by atoms with E-state index in [4.69, 9.17) is 0 Å². The van der Waals surface area contributed by atoms with E-state index in [-0.39, 0.29) is 12.3 Å². The topological polar surface area (TPSA) is 0 Å². The predicted molar refractivity (Wildman–Crippen MR) is 45.8 cm³/mol. The van der Waals surface area contributed by atoms with Crippen molar-refractivity contribution in [1.29, 1.82) is 0 Å². The summed E-state index contributed by atoms with van der Waals surface area (Å²) in [6.07, 6.45) is 0.278. The van der Waals surface area contributed by atoms with Gasteiger partial charge in [-0.05, 0) is 12.0 Å². The highest BCUT2D eigenvalue weighted by atomic mass is 19.1. The largest absolute Gasteiger partial charge is 0.251 e. The van der Waals surface area contributed by atoms with E-state index in [1.165, 1.54) is 0 Å². The van der Waals surface area contributed by atoms with E-state index < -0.39 is 13.3 Å². The minimum Gasteiger partial charge on any atom is -0.251 e. The van der Waals surface area contributed by atoms with Crippen molar-refractivity contribution in [2.45, 2.75) is 12.3 Å². The van der Waals surface area contributed by atoms with Crippen LogP contribution < -0.4 is 0 Å². The standard InChI is InChI=1S/C10H12F2/c11-7-6-10(8-12)9-4-2-1-3-5-9/h1-5,10H,6-8H2. The van der Waals surface area contributed by atoms with Gasteiger partial charge in [-0.15, -0.1) is 0 Å². The molecular weight excluding hydrogens is 158 g/mol. The highest BCUT2D eigenvalue weighted by Crippen LogP contribution is 2.19. The lowest BCUT2D eigenvalue weighted by Crippen LogP contribution is -2.01. The fraction of sp³-hybridized carbons (Fsp3) is 0.400. The van der Waals surface area contributed by atoms with Crippen LogP contribution in [0.25, 0.3) is 0 Å². The monoisotopic (exact) mass is 170 g/mol. The Hall–Kier alpha value is -0.920. The molecule has 0 bridgehead atoms. The third kappa shape index (κ3) is 2.29. The highest BCUT2D eigenvalue weighted by molar-refractivity contribution is 5.19. The third-order valence-electron chi connectivity index (χ3n) is 1.91. The average Bonchev–Trinajstić information content (AvgIpc) is 2.15. The smallest absolute Gasteiger partial charge is 0.0963 e. The molecule has 1 atom stereocenters. The second kappa shape index (κ2) is 4.86. The number of hydrogen-bond acceptors (Lipinski definition) is 0. The van der Waals surface area contributed by atoms with Gasteiger partial charge in [-0.2, -0.15) is 0 Å². The van der Waals surface area contributed by atoms with Gasteiger partial charge in [0.2, 0.25) is 0 Å². The Kier molecular flexibility index (Phi) is 3.71. The molecule has 1 aromatic carbocycles. The molecule has 1 rings (SSSR count). The predicted octanol–water partition coefficient (Wildman–Crippen LogP) is 3.10. The Balaban J connectivity index is 2.66. The first-order chi connectivity index (χ1) is 5.88. The SMILES string of the molecule is FCCC(CF)c1ccccc1. The fourth-order valence-electron chi connectivity index (χ4n) is 1.19. The van der Waals surface area contributed by atoms with Gasteiger partial charge < -0.3 is 0 Å². The molecule has 0 nitrogen and oxygen atoms in total. The van der Waals surface area contributed by atoms with Crippen LogP contribution in [0.4, 0.5) is 8.78 Å². The van der Waals surface area contributed by atoms with Crippen LogP contribution in [0.15, 0.2) is 30.3 Å². The molecule has 0 aliphatic carbocycles. The molecule has 0 heterocycles. The molecule has 2 heteroatoms. The van der Waals surface area contributed by atoms with Gasteiger partial charge in [0, 0.05) is 5.92 Å². The molecule has 66 valence electrons. The molecular formula is C10H12F2. The van der Waals surface area contributed by atoms with Gasteiger partial charge in [0.15, 0.2) is 0 Å². The maximum atomic E-state index is 12.4. The number of hydrogen-bond donors (Lipinski definition) is 0. The maximum Gasteiger partial charge on any atom is 0.0963 e. The molecule has 0 N–H and O–H groups in total. The molecule has 1 unspecified atom stereocenters. The molecule has 12 heavy (non-hydrogen) atoms. The van der Waals surface area contributed by atoms with Gasteiger partial charge in [0.05, 0.1) is 13.3 Å². The van der Waals surface area contributed by atoms with E-state index in [9.17, 15) is 8.78 Å². The molecule has 0 aromatic heterocycles. The quantitative estimate of drug-likeness (QED) is 0.651. The van der Waals surface area contributed by atoms with Crippen molar-refractivity contribution < 1.29 is 8.78 Å². The zero-order chi connectivity index (χ0) is 8.81. The van der Waals surface area contributed by atoms with Crippen molar-refractivity contribution in [2.24, 2.45) is 0 Å². The van der Waals surface area contributed by atoms with Gasteiger partial charge in [-0.1, -0.05) is 30.3 Å². The molecule has 0 spiro atoms. The van der Waals surface area contributed by atoms with Gasteiger partial charge in [0.25, 0.3) is 0 Å². The first-order valence-electron chi connectivity index (χ1n) is 4.05. The lowest BCUT2D eigenvalue weighted by molar-refractivity contribution is 0.371. The van der Waals surface area contributed by atoms with Crippen LogP contribution in [0, 0.1) is 0 Å². The van der Waals surface area contributed by atoms with Crippen LogP contribution >= 0.6 is 0 Å². The molecule has 0 amide bonds. The molecule has 0 saturated heterocycles. The van der Waals surface area contributed by atoms with Crippen molar-refractivity contribution in [3.63, 3.8) is 0 Å². The Morgan fingerprint density at radius 2 is 1.75 bits per heavy atom. The lowest BCUT2D eigenvalue weighted by Gasteiger charge is -2.10. The first kappa shape index (κ1) is 9.17. The van der Waals surface area contributed by atoms with Crippen molar-refractivity contribution in [3.05, 3.63) is 35.9 Å². The molecule has 0 aliphatic rings. The second-order valence-corrected chi connectivity index (χ2v) is 2.74. The number of benzene rings is 1. The first-order valence-corrected chi connectivity index (χ1v) is 4.05. The molecule has 0 radical (unpaired) electrons. The van der Waals surface area contributed by atoms with E-state index in [1.54, 1.807) is 0 Å². The molecule has 1 aromatic rings. The Labute approximate surface area is 71.2 Å². The number of halogens is 2. The summed E-state index contributed by atoms with van der Waals surface area (Å²) in [4.78, 5) is 0. The summed E-state index contributed by atoms with van der Waals surface area (Å²) in [5.41, 5.74) is 0.887. The van der Waals surface area contributed by atoms with Crippen LogP contribution in [0.3, 0.4) is 0 Å². The third-order valence-corrected chi connectivity index (χ3v) is 1.91. The normalized spacial score (nSPS) is 12.8. The summed E-state index contributed by atoms with van der Waals surface area (Å²) in [6, 6.07) is 9.22. The molecule has 0 aliphatic heterocycles. The van der Waals surface area contributed by atoms with Gasteiger partial charge in [-0.3, -0.25) is 8.78 Å². The fourth-order valence-corrected chi connectivity index (χ4v) is 1.19. The zero-order valence-corrected chi connectivity index (χ0v) is 6.84. The van der Waals surface area contributed by atoms with E-state index in [0.717, 1.165) is 5.56 Å². The summed E-state index contributed by atoms with van der Waals surface area (Å²) in [7, 11) is 0. The van der Waals surface area contributed by atoms with Gasteiger partial charge in [0.1, 0.15) is 0 Å². The summed E-state index contributed by atoms with van der Waals surface area (Å²) < 4.78 is 24.3. The molecule has 0 fully saturated rings. The summed E-state index contributed by atoms with van der Waals surface area (Å²) >= 11 is 0. The van der Waals surface area contributed by atoms with Crippen LogP contribution in [0.1, 0.15) is 17.9 Å². The van der Waals surface area contributed by atoms with Crippen LogP contribution in [0.5, 0.6) is 0 Å². The van der Waals surface area contributed by atoms with Crippen molar-refractivity contribution in [1.82, 2.24) is 0 Å². The minimum absolute atomic E-state index is 0.267. The summed E-state index contributed by atoms with van der Waals surface area (Å²) in [5, 5.41) is 0. The second-order valence-electron chi connectivity index (χ2n) is 2.74. The Bertz CT molecular complexity index is 208. The zero-order valence-electron chi connectivity index (χ0n) is 6.84. The van der Waals surface area contributed by atoms with E-state index >= 15 is 0 Å². The highest BCUT2D eigenvalue weighted by Gasteiger charge is 2.09. The number of rotatable bonds is 4. The maximum absolute atomic E-state index is 12.4. The summed E-state index contributed by atoms with van der Waals surface area (Å²) in [6.45, 7) is -0.933. The van der Waals surface area contributed by atoms with E-state index in [1.807, 2.05) is 30.3 Å². The molecule has 0 saturated carbocycles. The Morgan fingerprint density at radius 1 is 1.08 bits per heavy atom. The lowest BCUT2D eigenvalue weighted by atomic mass is 9.98. The van der Waals surface area contributed by atoms with E-state index in [0.29, 0.717) is 0 Å². The average molecular weight is 170 g/mol. The van der Waals surface area contributed by atoms with Crippen molar-refractivity contribution in [2.75, 3.05) is 13.3 Å². The van der Waals surface area contributed by atoms with Crippen LogP contribution in [-0.2, 0) is 0 Å². The van der Waals surface area contributed by atoms with Crippen molar-refractivity contribution in [3.8, 4) is 0 Å². The minimum atomic E-state index is -0.478. The van der Waals surface area contributed by atoms with Crippen LogP contribution in [0.2, 0.25) is 0 Å².